The van der Waals surface area contributed by atoms with Crippen LogP contribution in [0.2, 0.25) is 0 Å². The van der Waals surface area contributed by atoms with Crippen LogP contribution in [0.25, 0.3) is 15.9 Å². The SMILES string of the molecule is Cc1cc2ccccc2n1-c1ccc(C(=O)N2CCC(C(=O)NC[C@@H](C)c3ccccc3)CC2)s1. The topological polar surface area (TPSA) is 54.3 Å². The number of aromatic nitrogens is 1. The van der Waals surface area contributed by atoms with E-state index in [1.54, 1.807) is 0 Å². The zero-order chi connectivity index (χ0) is 24.4. The van der Waals surface area contributed by atoms with Crippen molar-refractivity contribution in [3.8, 4) is 5.00 Å². The molecule has 4 aromatic rings. The summed E-state index contributed by atoms with van der Waals surface area (Å²) in [6.45, 7) is 6.09. The Morgan fingerprint density at radius 1 is 1.00 bits per heavy atom. The molecule has 0 radical (unpaired) electrons. The van der Waals surface area contributed by atoms with Crippen LogP contribution in [0.4, 0.5) is 0 Å². The fourth-order valence-electron chi connectivity index (χ4n) is 4.95. The lowest BCUT2D eigenvalue weighted by Gasteiger charge is -2.31. The third kappa shape index (κ3) is 4.89. The summed E-state index contributed by atoms with van der Waals surface area (Å²) in [7, 11) is 0. The lowest BCUT2D eigenvalue weighted by molar-refractivity contribution is -0.126. The molecule has 3 heterocycles. The Kier molecular flexibility index (Phi) is 6.73. The van der Waals surface area contributed by atoms with Gasteiger partial charge in [-0.25, -0.2) is 0 Å². The highest BCUT2D eigenvalue weighted by atomic mass is 32.1. The van der Waals surface area contributed by atoms with Gasteiger partial charge in [-0.05, 0) is 55.5 Å². The highest BCUT2D eigenvalue weighted by Gasteiger charge is 2.28. The van der Waals surface area contributed by atoms with E-state index in [-0.39, 0.29) is 23.7 Å². The monoisotopic (exact) mass is 485 g/mol. The second-order valence-electron chi connectivity index (χ2n) is 9.44. The number of rotatable bonds is 6. The molecule has 180 valence electrons. The first kappa shape index (κ1) is 23.4. The maximum Gasteiger partial charge on any atom is 0.263 e. The van der Waals surface area contributed by atoms with E-state index in [2.05, 4.69) is 54.1 Å². The second kappa shape index (κ2) is 10.1. The standard InChI is InChI=1S/C29H31N3O2S/c1-20(22-8-4-3-5-9-22)19-30-28(33)23-14-16-31(17-15-23)29(34)26-12-13-27(35-26)32-21(2)18-24-10-6-7-11-25(24)32/h3-13,18,20,23H,14-17,19H2,1-2H3,(H,30,33)/t20-/m1/s1. The number of carbonyl (C=O) groups is 2. The molecule has 5 rings (SSSR count). The molecule has 1 atom stereocenters. The summed E-state index contributed by atoms with van der Waals surface area (Å²) in [6, 6.07) is 24.7. The molecule has 0 unspecified atom stereocenters. The van der Waals surface area contributed by atoms with Crippen molar-refractivity contribution < 1.29 is 9.59 Å². The van der Waals surface area contributed by atoms with E-state index in [4.69, 9.17) is 0 Å². The minimum atomic E-state index is -0.0326. The van der Waals surface area contributed by atoms with Gasteiger partial charge in [0, 0.05) is 36.6 Å². The summed E-state index contributed by atoms with van der Waals surface area (Å²) in [5.74, 6) is 0.408. The van der Waals surface area contributed by atoms with Crippen LogP contribution in [0, 0.1) is 12.8 Å². The van der Waals surface area contributed by atoms with Gasteiger partial charge in [-0.15, -0.1) is 11.3 Å². The molecule has 1 fully saturated rings. The minimum absolute atomic E-state index is 0.0326. The van der Waals surface area contributed by atoms with E-state index >= 15 is 0 Å². The molecule has 5 nitrogen and oxygen atoms in total. The third-order valence-corrected chi connectivity index (χ3v) is 8.08. The highest BCUT2D eigenvalue weighted by molar-refractivity contribution is 7.16. The fraction of sp³-hybridized carbons (Fsp3) is 0.310. The van der Waals surface area contributed by atoms with Crippen LogP contribution in [0.15, 0.2) is 72.8 Å². The summed E-state index contributed by atoms with van der Waals surface area (Å²) in [6.07, 6.45) is 1.41. The maximum absolute atomic E-state index is 13.2. The molecule has 6 heteroatoms. The smallest absolute Gasteiger partial charge is 0.263 e. The molecule has 2 aromatic carbocycles. The molecule has 1 N–H and O–H groups in total. The average molecular weight is 486 g/mol. The van der Waals surface area contributed by atoms with Gasteiger partial charge in [0.2, 0.25) is 5.91 Å². The summed E-state index contributed by atoms with van der Waals surface area (Å²) >= 11 is 1.53. The predicted octanol–water partition coefficient (Wildman–Crippen LogP) is 5.77. The zero-order valence-corrected chi connectivity index (χ0v) is 21.1. The maximum atomic E-state index is 13.2. The number of nitrogens with one attached hydrogen (secondary N) is 1. The summed E-state index contributed by atoms with van der Waals surface area (Å²) < 4.78 is 2.21. The number of thiophene rings is 1. The first-order valence-corrected chi connectivity index (χ1v) is 13.1. The quantitative estimate of drug-likeness (QED) is 0.377. The number of carbonyl (C=O) groups excluding carboxylic acids is 2. The van der Waals surface area contributed by atoms with Crippen LogP contribution in [0.5, 0.6) is 0 Å². The molecule has 1 saturated heterocycles. The second-order valence-corrected chi connectivity index (χ2v) is 10.5. The summed E-state index contributed by atoms with van der Waals surface area (Å²) in [5, 5.41) is 5.37. The van der Waals surface area contributed by atoms with Crippen molar-refractivity contribution in [2.24, 2.45) is 5.92 Å². The van der Waals surface area contributed by atoms with Gasteiger partial charge in [-0.3, -0.25) is 9.59 Å². The summed E-state index contributed by atoms with van der Waals surface area (Å²) in [5.41, 5.74) is 3.53. The van der Waals surface area contributed by atoms with Crippen molar-refractivity contribution >= 4 is 34.1 Å². The molecule has 0 spiro atoms. The summed E-state index contributed by atoms with van der Waals surface area (Å²) in [4.78, 5) is 28.6. The van der Waals surface area contributed by atoms with Crippen LogP contribution in [-0.2, 0) is 4.79 Å². The average Bonchev–Trinajstić information content (AvgIpc) is 3.50. The van der Waals surface area contributed by atoms with Gasteiger partial charge >= 0.3 is 0 Å². The Morgan fingerprint density at radius 2 is 1.71 bits per heavy atom. The number of amides is 2. The van der Waals surface area contributed by atoms with E-state index in [1.165, 1.54) is 22.3 Å². The van der Waals surface area contributed by atoms with Gasteiger partial charge < -0.3 is 14.8 Å². The van der Waals surface area contributed by atoms with E-state index in [0.717, 1.165) is 21.1 Å². The first-order chi connectivity index (χ1) is 17.0. The number of hydrogen-bond donors (Lipinski definition) is 1. The lowest BCUT2D eigenvalue weighted by atomic mass is 9.95. The van der Waals surface area contributed by atoms with E-state index < -0.39 is 0 Å². The first-order valence-electron chi connectivity index (χ1n) is 12.3. The van der Waals surface area contributed by atoms with Crippen molar-refractivity contribution in [3.63, 3.8) is 0 Å². The fourth-order valence-corrected chi connectivity index (χ4v) is 5.99. The zero-order valence-electron chi connectivity index (χ0n) is 20.2. The van der Waals surface area contributed by atoms with Gasteiger partial charge in [0.1, 0.15) is 5.00 Å². The van der Waals surface area contributed by atoms with E-state index in [0.29, 0.717) is 32.5 Å². The number of fused-ring (bicyclic) bond motifs is 1. The molecule has 0 aliphatic carbocycles. The molecule has 1 aliphatic rings. The van der Waals surface area contributed by atoms with Gasteiger partial charge in [-0.1, -0.05) is 55.5 Å². The number of aryl methyl sites for hydroxylation is 1. The normalized spacial score (nSPS) is 15.3. The van der Waals surface area contributed by atoms with Crippen LogP contribution in [0.1, 0.15) is 46.6 Å². The van der Waals surface area contributed by atoms with E-state index in [1.807, 2.05) is 47.4 Å². The number of benzene rings is 2. The van der Waals surface area contributed by atoms with Gasteiger partial charge in [0.25, 0.3) is 5.91 Å². The highest BCUT2D eigenvalue weighted by Crippen LogP contribution is 2.30. The molecule has 35 heavy (non-hydrogen) atoms. The lowest BCUT2D eigenvalue weighted by Crippen LogP contribution is -2.43. The van der Waals surface area contributed by atoms with Gasteiger partial charge in [0.05, 0.1) is 10.4 Å². The van der Waals surface area contributed by atoms with Crippen molar-refractivity contribution in [1.82, 2.24) is 14.8 Å². The molecular formula is C29H31N3O2S. The van der Waals surface area contributed by atoms with Crippen molar-refractivity contribution in [2.45, 2.75) is 32.6 Å². The minimum Gasteiger partial charge on any atom is -0.355 e. The molecular weight excluding hydrogens is 454 g/mol. The Labute approximate surface area is 210 Å². The van der Waals surface area contributed by atoms with E-state index in [9.17, 15) is 9.59 Å². The van der Waals surface area contributed by atoms with Crippen LogP contribution >= 0.6 is 11.3 Å². The molecule has 1 aliphatic heterocycles. The Morgan fingerprint density at radius 3 is 2.49 bits per heavy atom. The van der Waals surface area contributed by atoms with Crippen LogP contribution < -0.4 is 5.32 Å². The van der Waals surface area contributed by atoms with Crippen molar-refractivity contribution in [1.29, 1.82) is 0 Å². The van der Waals surface area contributed by atoms with Gasteiger partial charge in [0.15, 0.2) is 0 Å². The molecule has 2 amide bonds. The molecule has 0 saturated carbocycles. The van der Waals surface area contributed by atoms with Gasteiger partial charge in [-0.2, -0.15) is 0 Å². The van der Waals surface area contributed by atoms with Crippen LogP contribution in [0.3, 0.4) is 0 Å². The molecule has 2 aromatic heterocycles. The predicted molar refractivity (Wildman–Crippen MR) is 142 cm³/mol. The number of hydrogen-bond acceptors (Lipinski definition) is 3. The third-order valence-electron chi connectivity index (χ3n) is 7.02. The Bertz CT molecular complexity index is 1330. The largest absolute Gasteiger partial charge is 0.355 e. The van der Waals surface area contributed by atoms with Crippen molar-refractivity contribution in [3.05, 3.63) is 88.9 Å². The Balaban J connectivity index is 1.17. The molecule has 0 bridgehead atoms. The number of likely N-dealkylation sites (tertiary alicyclic amines) is 1. The van der Waals surface area contributed by atoms with Crippen LogP contribution in [-0.4, -0.2) is 40.9 Å². The van der Waals surface area contributed by atoms with Crippen molar-refractivity contribution in [2.75, 3.05) is 19.6 Å². The number of para-hydroxylation sites is 1. The Hall–Kier alpha value is -3.38. The number of nitrogens with zero attached hydrogens (tertiary/aromatic N) is 2. The number of piperidine rings is 1.